The van der Waals surface area contributed by atoms with Gasteiger partial charge in [-0.05, 0) is 24.3 Å². The fraction of sp³-hybridized carbons (Fsp3) is 0.619. The topological polar surface area (TPSA) is 216 Å². The van der Waals surface area contributed by atoms with Crippen LogP contribution in [0.5, 0.6) is 11.5 Å². The number of amides is 1. The van der Waals surface area contributed by atoms with Gasteiger partial charge in [-0.2, -0.15) is 0 Å². The lowest BCUT2D eigenvalue weighted by molar-refractivity contribution is -0.140. The lowest BCUT2D eigenvalue weighted by atomic mass is 10.2. The van der Waals surface area contributed by atoms with Crippen molar-refractivity contribution in [1.82, 2.24) is 19.6 Å². The molecule has 0 atom stereocenters. The van der Waals surface area contributed by atoms with E-state index in [1.807, 2.05) is 35.2 Å². The molecule has 2 fully saturated rings. The Hall–Kier alpha value is -4.80. The zero-order valence-electron chi connectivity index (χ0n) is 36.1. The van der Waals surface area contributed by atoms with Crippen molar-refractivity contribution in [3.05, 3.63) is 42.5 Å². The zero-order valence-corrected chi connectivity index (χ0v) is 36.1. The highest BCUT2D eigenvalue weighted by Crippen LogP contribution is 2.31. The van der Waals surface area contributed by atoms with Gasteiger partial charge < -0.3 is 58.9 Å². The summed E-state index contributed by atoms with van der Waals surface area (Å²) < 4.78 is 35.2. The number of hydrogen-bond donors (Lipinski definition) is 4. The fourth-order valence-electron chi connectivity index (χ4n) is 7.14. The number of rotatable bonds is 13. The number of nitrogens with zero attached hydrogens (tertiary/aromatic N) is 6. The SMILES string of the molecule is COc1ccccc1N1CCOCCOCCN(c2ccc(NC(=O)CN3CCN(CC(=O)O)CCN(CC(=O)O)CCN(CC(=O)O)CC3)cc2OC)CCOCCOCC1. The Morgan fingerprint density at radius 1 is 0.500 bits per heavy atom. The largest absolute Gasteiger partial charge is 0.495 e. The van der Waals surface area contributed by atoms with Crippen LogP contribution in [-0.2, 0) is 38.1 Å². The van der Waals surface area contributed by atoms with E-state index in [0.29, 0.717) is 117 Å². The predicted octanol–water partition coefficient (Wildman–Crippen LogP) is 0.511. The normalized spacial score (nSPS) is 18.9. The molecule has 0 aliphatic carbocycles. The fourth-order valence-corrected chi connectivity index (χ4v) is 7.14. The molecule has 2 aromatic rings. The van der Waals surface area contributed by atoms with Gasteiger partial charge in [-0.3, -0.25) is 38.8 Å². The number of carboxylic acids is 3. The number of methoxy groups -OCH3 is 2. The summed E-state index contributed by atoms with van der Waals surface area (Å²) in [7, 11) is 3.22. The molecule has 2 saturated heterocycles. The van der Waals surface area contributed by atoms with Crippen LogP contribution < -0.4 is 24.6 Å². The van der Waals surface area contributed by atoms with E-state index in [1.54, 1.807) is 41.1 Å². The van der Waals surface area contributed by atoms with E-state index >= 15 is 0 Å². The monoisotopic (exact) mass is 875 g/mol. The van der Waals surface area contributed by atoms with Crippen molar-refractivity contribution >= 4 is 40.9 Å². The molecule has 2 heterocycles. The second kappa shape index (κ2) is 28.0. The maximum atomic E-state index is 13.5. The molecular formula is C42H65N7O13. The minimum absolute atomic E-state index is 0.0364. The van der Waals surface area contributed by atoms with Crippen LogP contribution in [0.2, 0.25) is 0 Å². The van der Waals surface area contributed by atoms with Gasteiger partial charge in [0.2, 0.25) is 5.91 Å². The molecule has 2 aromatic carbocycles. The molecule has 4 rings (SSSR count). The Morgan fingerprint density at radius 2 is 0.871 bits per heavy atom. The molecule has 0 radical (unpaired) electrons. The summed E-state index contributed by atoms with van der Waals surface area (Å²) in [5.74, 6) is -2.06. The molecule has 0 saturated carbocycles. The highest BCUT2D eigenvalue weighted by Gasteiger charge is 2.22. The predicted molar refractivity (Wildman–Crippen MR) is 231 cm³/mol. The summed E-state index contributed by atoms with van der Waals surface area (Å²) in [6.07, 6.45) is 0. The Bertz CT molecular complexity index is 1620. The second-order valence-corrected chi connectivity index (χ2v) is 14.8. The van der Waals surface area contributed by atoms with Gasteiger partial charge in [0, 0.05) is 90.3 Å². The summed E-state index contributed by atoms with van der Waals surface area (Å²) in [6, 6.07) is 13.3. The van der Waals surface area contributed by atoms with Crippen molar-refractivity contribution in [2.24, 2.45) is 0 Å². The van der Waals surface area contributed by atoms with E-state index in [2.05, 4.69) is 15.1 Å². The minimum atomic E-state index is -1.03. The highest BCUT2D eigenvalue weighted by molar-refractivity contribution is 5.93. The lowest BCUT2D eigenvalue weighted by Crippen LogP contribution is -2.49. The first-order valence-corrected chi connectivity index (χ1v) is 21.0. The van der Waals surface area contributed by atoms with Gasteiger partial charge in [-0.1, -0.05) is 12.1 Å². The van der Waals surface area contributed by atoms with Gasteiger partial charge in [-0.15, -0.1) is 0 Å². The van der Waals surface area contributed by atoms with Crippen LogP contribution in [0.4, 0.5) is 17.1 Å². The average molecular weight is 876 g/mol. The first-order chi connectivity index (χ1) is 30.0. The van der Waals surface area contributed by atoms with Crippen molar-refractivity contribution in [3.8, 4) is 11.5 Å². The third-order valence-electron chi connectivity index (χ3n) is 10.4. The minimum Gasteiger partial charge on any atom is -0.495 e. The first kappa shape index (κ1) is 49.9. The number of nitrogens with one attached hydrogen (secondary N) is 1. The van der Waals surface area contributed by atoms with Gasteiger partial charge in [0.05, 0.1) is 105 Å². The standard InChI is InChI=1S/C42H65N7O13/c1-57-37-6-4-3-5-35(37)48-17-21-59-25-27-61-23-19-49(20-24-62-28-26-60-22-18-48)36-8-7-34(29-38(36)58-2)43-39(50)30-44-9-11-45(31-40(51)52)13-15-47(33-42(55)56)16-14-46(12-10-44)32-41(53)54/h3-8,29H,9-28,30-33H2,1-2H3,(H,43,50)(H,51,52)(H,53,54)(H,55,56). The Balaban J connectivity index is 1.36. The molecule has 0 unspecified atom stereocenters. The summed E-state index contributed by atoms with van der Waals surface area (Å²) >= 11 is 0. The van der Waals surface area contributed by atoms with E-state index in [9.17, 15) is 34.5 Å². The van der Waals surface area contributed by atoms with Crippen LogP contribution in [0.15, 0.2) is 42.5 Å². The third kappa shape index (κ3) is 18.7. The average Bonchev–Trinajstić information content (AvgIpc) is 3.24. The van der Waals surface area contributed by atoms with Gasteiger partial charge in [-0.25, -0.2) is 0 Å². The van der Waals surface area contributed by atoms with Crippen molar-refractivity contribution in [2.45, 2.75) is 0 Å². The number of benzene rings is 2. The van der Waals surface area contributed by atoms with Crippen molar-refractivity contribution in [1.29, 1.82) is 0 Å². The van der Waals surface area contributed by atoms with E-state index in [1.165, 1.54) is 0 Å². The molecule has 62 heavy (non-hydrogen) atoms. The van der Waals surface area contributed by atoms with Gasteiger partial charge in [0.15, 0.2) is 0 Å². The van der Waals surface area contributed by atoms with E-state index in [-0.39, 0.29) is 58.3 Å². The maximum Gasteiger partial charge on any atom is 0.317 e. The molecular weight excluding hydrogens is 810 g/mol. The number of carboxylic acid groups (broad SMARTS) is 3. The van der Waals surface area contributed by atoms with Crippen molar-refractivity contribution < 1.29 is 62.9 Å². The van der Waals surface area contributed by atoms with Crippen LogP contribution in [0.3, 0.4) is 0 Å². The zero-order chi connectivity index (χ0) is 44.5. The summed E-state index contributed by atoms with van der Waals surface area (Å²) in [4.78, 5) is 59.6. The van der Waals surface area contributed by atoms with E-state index in [0.717, 1.165) is 17.1 Å². The second-order valence-electron chi connectivity index (χ2n) is 14.8. The number of hydrogen-bond acceptors (Lipinski definition) is 16. The van der Waals surface area contributed by atoms with Gasteiger partial charge in [0.1, 0.15) is 11.5 Å². The third-order valence-corrected chi connectivity index (χ3v) is 10.4. The Kier molecular flexibility index (Phi) is 22.5. The number of carbonyl (C=O) groups is 4. The molecule has 0 bridgehead atoms. The number of carbonyl (C=O) groups excluding carboxylic acids is 1. The molecule has 20 nitrogen and oxygen atoms in total. The molecule has 4 N–H and O–H groups in total. The summed E-state index contributed by atoms with van der Waals surface area (Å²) in [6.45, 7) is 7.53. The molecule has 20 heteroatoms. The Labute approximate surface area is 363 Å². The summed E-state index contributed by atoms with van der Waals surface area (Å²) in [5, 5.41) is 31.5. The number of aliphatic carboxylic acids is 3. The van der Waals surface area contributed by atoms with Gasteiger partial charge in [0.25, 0.3) is 0 Å². The summed E-state index contributed by atoms with van der Waals surface area (Å²) in [5.41, 5.74) is 2.28. The number of para-hydroxylation sites is 2. The van der Waals surface area contributed by atoms with Crippen molar-refractivity contribution in [3.63, 3.8) is 0 Å². The van der Waals surface area contributed by atoms with E-state index in [4.69, 9.17) is 28.4 Å². The van der Waals surface area contributed by atoms with Crippen LogP contribution in [-0.4, -0.2) is 231 Å². The number of anilines is 3. The van der Waals surface area contributed by atoms with Crippen LogP contribution >= 0.6 is 0 Å². The lowest BCUT2D eigenvalue weighted by Gasteiger charge is -2.32. The molecule has 346 valence electrons. The Morgan fingerprint density at radius 3 is 1.26 bits per heavy atom. The van der Waals surface area contributed by atoms with Crippen LogP contribution in [0, 0.1) is 0 Å². The quantitative estimate of drug-likeness (QED) is 0.216. The molecule has 0 spiro atoms. The highest BCUT2D eigenvalue weighted by atomic mass is 16.5. The van der Waals surface area contributed by atoms with Crippen molar-refractivity contribution in [2.75, 3.05) is 187 Å². The molecule has 2 aliphatic heterocycles. The first-order valence-electron chi connectivity index (χ1n) is 21.0. The smallest absolute Gasteiger partial charge is 0.317 e. The number of ether oxygens (including phenoxy) is 6. The van der Waals surface area contributed by atoms with Crippen LogP contribution in [0.1, 0.15) is 0 Å². The van der Waals surface area contributed by atoms with E-state index < -0.39 is 17.9 Å². The molecule has 2 aliphatic rings. The van der Waals surface area contributed by atoms with Gasteiger partial charge >= 0.3 is 17.9 Å². The maximum absolute atomic E-state index is 13.5. The van der Waals surface area contributed by atoms with Crippen LogP contribution in [0.25, 0.3) is 0 Å². The molecule has 0 aromatic heterocycles. The molecule has 1 amide bonds.